The molecule has 1 aromatic rings. The van der Waals surface area contributed by atoms with Gasteiger partial charge in [0.15, 0.2) is 0 Å². The standard InChI is InChI=1S/C19H26N2O3/c1-13(2)10-17(22)16(21-18(23)24-19(3,4)5)11-14-6-8-15(12-20)9-7-14/h6-9,13,17,22H,10-11H2,1-5H3/b21-16-/t17-/m0/s1. The number of nitrogens with zero attached hydrogens (tertiary/aromatic N) is 2. The van der Waals surface area contributed by atoms with Crippen molar-refractivity contribution in [2.45, 2.75) is 59.2 Å². The SMILES string of the molecule is CC(C)C[C@H](O)/C(Cc1ccc(C#N)cc1)=N\C(=O)OC(C)(C)C. The van der Waals surface area contributed by atoms with Gasteiger partial charge in [0, 0.05) is 6.42 Å². The first-order valence-electron chi connectivity index (χ1n) is 8.08. The summed E-state index contributed by atoms with van der Waals surface area (Å²) in [6.07, 6.45) is -0.668. The molecule has 130 valence electrons. The molecule has 0 aliphatic heterocycles. The lowest BCUT2D eigenvalue weighted by atomic mass is 9.97. The Labute approximate surface area is 144 Å². The van der Waals surface area contributed by atoms with Crippen molar-refractivity contribution in [1.82, 2.24) is 0 Å². The highest BCUT2D eigenvalue weighted by molar-refractivity contribution is 5.97. The number of hydrogen-bond acceptors (Lipinski definition) is 4. The largest absolute Gasteiger partial charge is 0.442 e. The van der Waals surface area contributed by atoms with Gasteiger partial charge in [-0.25, -0.2) is 4.79 Å². The fraction of sp³-hybridized carbons (Fsp3) is 0.526. The molecule has 1 atom stereocenters. The van der Waals surface area contributed by atoms with E-state index >= 15 is 0 Å². The summed E-state index contributed by atoms with van der Waals surface area (Å²) >= 11 is 0. The molecule has 0 fully saturated rings. The lowest BCUT2D eigenvalue weighted by Crippen LogP contribution is -2.28. The van der Waals surface area contributed by atoms with Gasteiger partial charge in [0.2, 0.25) is 0 Å². The summed E-state index contributed by atoms with van der Waals surface area (Å²) in [5.74, 6) is 0.268. The zero-order valence-electron chi connectivity index (χ0n) is 15.0. The van der Waals surface area contributed by atoms with Crippen LogP contribution in [0.15, 0.2) is 29.3 Å². The van der Waals surface area contributed by atoms with Gasteiger partial charge in [0.05, 0.1) is 23.4 Å². The predicted octanol–water partition coefficient (Wildman–Crippen LogP) is 3.88. The van der Waals surface area contributed by atoms with Crippen LogP contribution in [0.5, 0.6) is 0 Å². The van der Waals surface area contributed by atoms with Crippen LogP contribution in [0.1, 0.15) is 52.2 Å². The zero-order chi connectivity index (χ0) is 18.3. The molecule has 5 nitrogen and oxygen atoms in total. The third kappa shape index (κ3) is 7.38. The van der Waals surface area contributed by atoms with Gasteiger partial charge in [-0.1, -0.05) is 26.0 Å². The van der Waals surface area contributed by atoms with Crippen molar-refractivity contribution < 1.29 is 14.6 Å². The molecule has 0 radical (unpaired) electrons. The van der Waals surface area contributed by atoms with Crippen LogP contribution in [0.2, 0.25) is 0 Å². The minimum Gasteiger partial charge on any atom is -0.442 e. The molecule has 5 heteroatoms. The summed E-state index contributed by atoms with van der Waals surface area (Å²) in [4.78, 5) is 16.0. The van der Waals surface area contributed by atoms with Crippen LogP contribution >= 0.6 is 0 Å². The molecule has 0 aromatic heterocycles. The third-order valence-corrected chi connectivity index (χ3v) is 3.18. The van der Waals surface area contributed by atoms with E-state index in [1.54, 1.807) is 45.0 Å². The normalized spacial score (nSPS) is 13.5. The van der Waals surface area contributed by atoms with E-state index in [2.05, 4.69) is 11.1 Å². The minimum absolute atomic E-state index is 0.268. The molecule has 0 heterocycles. The maximum Gasteiger partial charge on any atom is 0.434 e. The van der Waals surface area contributed by atoms with Crippen molar-refractivity contribution in [2.75, 3.05) is 0 Å². The lowest BCUT2D eigenvalue weighted by molar-refractivity contribution is 0.0600. The number of aliphatic hydroxyl groups is 1. The molecule has 0 saturated carbocycles. The summed E-state index contributed by atoms with van der Waals surface area (Å²) in [5, 5.41) is 19.2. The fourth-order valence-corrected chi connectivity index (χ4v) is 2.12. The number of nitriles is 1. The second-order valence-corrected chi connectivity index (χ2v) is 7.21. The monoisotopic (exact) mass is 330 g/mol. The quantitative estimate of drug-likeness (QED) is 0.830. The van der Waals surface area contributed by atoms with E-state index in [1.807, 2.05) is 13.8 Å². The number of carbonyl (C=O) groups is 1. The van der Waals surface area contributed by atoms with Crippen LogP contribution in [0.25, 0.3) is 0 Å². The third-order valence-electron chi connectivity index (χ3n) is 3.18. The molecule has 1 N–H and O–H groups in total. The van der Waals surface area contributed by atoms with Crippen molar-refractivity contribution in [3.8, 4) is 6.07 Å². The Kier molecular flexibility index (Phi) is 7.12. The van der Waals surface area contributed by atoms with Crippen molar-refractivity contribution >= 4 is 11.8 Å². The van der Waals surface area contributed by atoms with Crippen molar-refractivity contribution in [1.29, 1.82) is 5.26 Å². The molecule has 1 aromatic carbocycles. The van der Waals surface area contributed by atoms with Crippen molar-refractivity contribution in [3.05, 3.63) is 35.4 Å². The maximum absolute atomic E-state index is 12.0. The number of aliphatic hydroxyl groups excluding tert-OH is 1. The van der Waals surface area contributed by atoms with E-state index < -0.39 is 17.8 Å². The Morgan fingerprint density at radius 3 is 2.33 bits per heavy atom. The molecule has 1 amide bonds. The summed E-state index contributed by atoms with van der Waals surface area (Å²) in [5.41, 5.74) is 1.18. The second-order valence-electron chi connectivity index (χ2n) is 7.21. The summed E-state index contributed by atoms with van der Waals surface area (Å²) < 4.78 is 5.22. The fourth-order valence-electron chi connectivity index (χ4n) is 2.12. The van der Waals surface area contributed by atoms with E-state index in [0.717, 1.165) is 5.56 Å². The van der Waals surface area contributed by atoms with Gasteiger partial charge in [-0.05, 0) is 50.8 Å². The first kappa shape index (κ1) is 19.9. The number of rotatable bonds is 5. The number of benzene rings is 1. The van der Waals surface area contributed by atoms with Crippen LogP contribution in [-0.4, -0.2) is 28.6 Å². The Hall–Kier alpha value is -2.19. The number of carbonyl (C=O) groups excluding carboxylic acids is 1. The van der Waals surface area contributed by atoms with Gasteiger partial charge >= 0.3 is 6.09 Å². The molecule has 24 heavy (non-hydrogen) atoms. The Morgan fingerprint density at radius 2 is 1.88 bits per heavy atom. The van der Waals surface area contributed by atoms with Crippen LogP contribution in [0.4, 0.5) is 4.79 Å². The van der Waals surface area contributed by atoms with Gasteiger partial charge < -0.3 is 9.84 Å². The maximum atomic E-state index is 12.0. The molecule has 0 bridgehead atoms. The zero-order valence-corrected chi connectivity index (χ0v) is 15.0. The van der Waals surface area contributed by atoms with Crippen molar-refractivity contribution in [3.63, 3.8) is 0 Å². The molecular weight excluding hydrogens is 304 g/mol. The van der Waals surface area contributed by atoms with Crippen LogP contribution in [-0.2, 0) is 11.2 Å². The second kappa shape index (κ2) is 8.60. The molecule has 0 aliphatic rings. The Balaban J connectivity index is 2.99. The van der Waals surface area contributed by atoms with Crippen LogP contribution in [0.3, 0.4) is 0 Å². The van der Waals surface area contributed by atoms with Gasteiger partial charge in [0.1, 0.15) is 5.60 Å². The average molecular weight is 330 g/mol. The molecule has 0 aliphatic carbocycles. The van der Waals surface area contributed by atoms with E-state index in [-0.39, 0.29) is 5.92 Å². The van der Waals surface area contributed by atoms with E-state index in [0.29, 0.717) is 24.1 Å². The van der Waals surface area contributed by atoms with Gasteiger partial charge in [-0.2, -0.15) is 10.3 Å². The molecule has 0 spiro atoms. The number of aliphatic imine (C=N–C) groups is 1. The number of amides is 1. The summed E-state index contributed by atoms with van der Waals surface area (Å²) in [6.45, 7) is 9.30. The topological polar surface area (TPSA) is 82.7 Å². The van der Waals surface area contributed by atoms with Crippen molar-refractivity contribution in [2.24, 2.45) is 10.9 Å². The first-order valence-corrected chi connectivity index (χ1v) is 8.08. The van der Waals surface area contributed by atoms with Gasteiger partial charge in [0.25, 0.3) is 0 Å². The van der Waals surface area contributed by atoms with E-state index in [4.69, 9.17) is 10.00 Å². The van der Waals surface area contributed by atoms with E-state index in [1.165, 1.54) is 0 Å². The lowest BCUT2D eigenvalue weighted by Gasteiger charge is -2.19. The predicted molar refractivity (Wildman–Crippen MR) is 94.0 cm³/mol. The molecule has 0 saturated heterocycles. The van der Waals surface area contributed by atoms with Crippen LogP contribution in [0, 0.1) is 17.2 Å². The highest BCUT2D eigenvalue weighted by Gasteiger charge is 2.20. The molecular formula is C19H26N2O3. The highest BCUT2D eigenvalue weighted by atomic mass is 16.6. The minimum atomic E-state index is -0.812. The highest BCUT2D eigenvalue weighted by Crippen LogP contribution is 2.14. The smallest absolute Gasteiger partial charge is 0.434 e. The number of ether oxygens (including phenoxy) is 1. The Bertz CT molecular complexity index is 619. The Morgan fingerprint density at radius 1 is 1.29 bits per heavy atom. The van der Waals surface area contributed by atoms with E-state index in [9.17, 15) is 9.90 Å². The number of hydrogen-bond donors (Lipinski definition) is 1. The first-order chi connectivity index (χ1) is 11.1. The summed E-state index contributed by atoms with van der Waals surface area (Å²) in [7, 11) is 0. The van der Waals surface area contributed by atoms with Gasteiger partial charge in [-0.3, -0.25) is 0 Å². The molecule has 0 unspecified atom stereocenters. The van der Waals surface area contributed by atoms with Gasteiger partial charge in [-0.15, -0.1) is 0 Å². The summed E-state index contributed by atoms with van der Waals surface area (Å²) in [6, 6.07) is 9.06. The molecule has 1 rings (SSSR count). The average Bonchev–Trinajstić information content (AvgIpc) is 2.44. The van der Waals surface area contributed by atoms with Crippen LogP contribution < -0.4 is 0 Å².